The van der Waals surface area contributed by atoms with Gasteiger partial charge in [0.15, 0.2) is 0 Å². The first kappa shape index (κ1) is 29.9. The molecule has 1 aromatic carbocycles. The summed E-state index contributed by atoms with van der Waals surface area (Å²) in [6.45, 7) is 23.4. The molecule has 1 rings (SSSR count). The topological polar surface area (TPSA) is 40.2 Å². The van der Waals surface area contributed by atoms with Crippen molar-refractivity contribution in [2.45, 2.75) is 98.2 Å². The smallest absolute Gasteiger partial charge is 0.222 e. The van der Waals surface area contributed by atoms with E-state index in [4.69, 9.17) is 9.47 Å². The first-order chi connectivity index (χ1) is 15.4. The van der Waals surface area contributed by atoms with Crippen molar-refractivity contribution in [2.24, 2.45) is 0 Å². The second kappa shape index (κ2) is 13.1. The van der Waals surface area contributed by atoms with E-state index in [9.17, 15) is 0 Å². The van der Waals surface area contributed by atoms with Gasteiger partial charge in [-0.3, -0.25) is 15.2 Å². The lowest BCUT2D eigenvalue weighted by Gasteiger charge is -2.63. The van der Waals surface area contributed by atoms with E-state index < -0.39 is 17.5 Å². The van der Waals surface area contributed by atoms with E-state index in [2.05, 4.69) is 96.6 Å². The van der Waals surface area contributed by atoms with Gasteiger partial charge in [0.1, 0.15) is 11.3 Å². The lowest BCUT2D eigenvalue weighted by Crippen LogP contribution is -2.82. The van der Waals surface area contributed by atoms with Crippen LogP contribution in [-0.2, 0) is 4.74 Å². The van der Waals surface area contributed by atoms with Crippen molar-refractivity contribution in [3.05, 3.63) is 30.3 Å². The van der Waals surface area contributed by atoms with Crippen LogP contribution in [0.3, 0.4) is 0 Å². The van der Waals surface area contributed by atoms with Gasteiger partial charge in [-0.1, -0.05) is 52.3 Å². The monoisotopic (exact) mass is 464 g/mol. The fourth-order valence-electron chi connectivity index (χ4n) is 4.96. The van der Waals surface area contributed by atoms with E-state index in [1.54, 1.807) is 0 Å². The maximum Gasteiger partial charge on any atom is 0.222 e. The zero-order valence-electron chi connectivity index (χ0n) is 23.4. The molecule has 3 unspecified atom stereocenters. The van der Waals surface area contributed by atoms with Crippen LogP contribution in [0.25, 0.3) is 0 Å². The largest absolute Gasteiger partial charge is 0.463 e. The van der Waals surface area contributed by atoms with Crippen molar-refractivity contribution >= 4 is 0 Å². The van der Waals surface area contributed by atoms with E-state index in [1.807, 2.05) is 30.3 Å². The van der Waals surface area contributed by atoms with Crippen LogP contribution in [0, 0.1) is 0 Å². The molecule has 192 valence electrons. The highest BCUT2D eigenvalue weighted by molar-refractivity contribution is 5.22. The molecule has 3 atom stereocenters. The molecule has 0 amide bonds. The molecule has 0 aromatic heterocycles. The minimum absolute atomic E-state index is 0.193. The van der Waals surface area contributed by atoms with Gasteiger partial charge in [0.2, 0.25) is 6.29 Å². The Labute approximate surface area is 204 Å². The van der Waals surface area contributed by atoms with Gasteiger partial charge in [0.05, 0.1) is 12.3 Å². The third-order valence-electron chi connectivity index (χ3n) is 6.87. The third-order valence-corrected chi connectivity index (χ3v) is 6.87. The van der Waals surface area contributed by atoms with Gasteiger partial charge in [-0.2, -0.15) is 0 Å². The van der Waals surface area contributed by atoms with E-state index in [0.29, 0.717) is 6.61 Å². The van der Waals surface area contributed by atoms with Gasteiger partial charge >= 0.3 is 0 Å². The lowest BCUT2D eigenvalue weighted by atomic mass is 9.79. The second-order valence-electron chi connectivity index (χ2n) is 10.2. The Hall–Kier alpha value is -1.18. The average Bonchev–Trinajstić information content (AvgIpc) is 2.76. The molecule has 0 saturated heterocycles. The number of para-hydroxylation sites is 1. The highest BCUT2D eigenvalue weighted by atomic mass is 16.7. The number of ether oxygens (including phenoxy) is 2. The third kappa shape index (κ3) is 6.70. The zero-order valence-corrected chi connectivity index (χ0v) is 23.4. The van der Waals surface area contributed by atoms with Gasteiger partial charge in [-0.15, -0.1) is 0 Å². The molecule has 1 N–H and O–H groups in total. The van der Waals surface area contributed by atoms with Crippen LogP contribution in [-0.4, -0.2) is 78.2 Å². The second-order valence-corrected chi connectivity index (χ2v) is 10.2. The van der Waals surface area contributed by atoms with Crippen LogP contribution in [0.4, 0.5) is 0 Å². The lowest BCUT2D eigenvalue weighted by molar-refractivity contribution is -0.265. The van der Waals surface area contributed by atoms with Crippen LogP contribution >= 0.6 is 0 Å². The summed E-state index contributed by atoms with van der Waals surface area (Å²) in [7, 11) is 4.32. The van der Waals surface area contributed by atoms with Crippen LogP contribution in [0.5, 0.6) is 5.75 Å². The van der Waals surface area contributed by atoms with Crippen molar-refractivity contribution in [3.8, 4) is 5.75 Å². The summed E-state index contributed by atoms with van der Waals surface area (Å²) in [5.74, 6) is 0.816. The Morgan fingerprint density at radius 1 is 0.909 bits per heavy atom. The van der Waals surface area contributed by atoms with Crippen molar-refractivity contribution < 1.29 is 9.47 Å². The highest BCUT2D eigenvalue weighted by Gasteiger charge is 2.61. The molecule has 33 heavy (non-hydrogen) atoms. The van der Waals surface area contributed by atoms with Crippen LogP contribution < -0.4 is 10.2 Å². The molecule has 0 heterocycles. The van der Waals surface area contributed by atoms with Crippen molar-refractivity contribution in [1.82, 2.24) is 20.2 Å². The molecular formula is C27H52N4O2. The van der Waals surface area contributed by atoms with Crippen molar-refractivity contribution in [2.75, 3.05) is 40.3 Å². The van der Waals surface area contributed by atoms with Gasteiger partial charge in [0.25, 0.3) is 0 Å². The standard InChI is InChI=1S/C27H52N4O2/c1-12-16-22-32-24(33-23-20-18-17-19-21-23)26(8,31(28-13-2)25(5,6)7)27(9,29(10)11)30(14-3)15-4/h17-21,24,28H,12-16,22H2,1-11H3. The normalized spacial score (nSPS) is 17.3. The SMILES string of the molecule is CCCCOC(Oc1ccccc1)C(C)(N(NCC)C(C)(C)C)C(C)(N(C)C)N(CC)CC. The molecule has 0 aliphatic carbocycles. The fraction of sp³-hybridized carbons (Fsp3) is 0.778. The Balaban J connectivity index is 3.84. The molecule has 0 fully saturated rings. The van der Waals surface area contributed by atoms with E-state index in [1.165, 1.54) is 0 Å². The van der Waals surface area contributed by atoms with E-state index in [-0.39, 0.29) is 5.54 Å². The maximum atomic E-state index is 6.73. The molecule has 0 spiro atoms. The number of nitrogens with zero attached hydrogens (tertiary/aromatic N) is 3. The molecule has 6 nitrogen and oxygen atoms in total. The predicted octanol–water partition coefficient (Wildman–Crippen LogP) is 5.21. The molecule has 0 aliphatic rings. The molecular weight excluding hydrogens is 412 g/mol. The van der Waals surface area contributed by atoms with Gasteiger partial charge in [0, 0.05) is 12.1 Å². The Morgan fingerprint density at radius 3 is 1.91 bits per heavy atom. The Kier molecular flexibility index (Phi) is 11.8. The first-order valence-electron chi connectivity index (χ1n) is 12.7. The quantitative estimate of drug-likeness (QED) is 0.218. The van der Waals surface area contributed by atoms with Gasteiger partial charge in [-0.25, -0.2) is 5.01 Å². The summed E-state index contributed by atoms with van der Waals surface area (Å²) in [6.07, 6.45) is 1.55. The maximum absolute atomic E-state index is 6.73. The highest BCUT2D eigenvalue weighted by Crippen LogP contribution is 2.42. The minimum atomic E-state index is -0.597. The van der Waals surface area contributed by atoms with Gasteiger partial charge < -0.3 is 9.47 Å². The predicted molar refractivity (Wildman–Crippen MR) is 140 cm³/mol. The number of hydrogen-bond donors (Lipinski definition) is 1. The number of rotatable bonds is 15. The van der Waals surface area contributed by atoms with Crippen LogP contribution in [0.2, 0.25) is 0 Å². The summed E-state index contributed by atoms with van der Waals surface area (Å²) in [5, 5.41) is 2.37. The van der Waals surface area contributed by atoms with Crippen LogP contribution in [0.15, 0.2) is 30.3 Å². The number of hydrazine groups is 1. The van der Waals surface area contributed by atoms with E-state index >= 15 is 0 Å². The molecule has 6 heteroatoms. The van der Waals surface area contributed by atoms with E-state index in [0.717, 1.165) is 38.2 Å². The Bertz CT molecular complexity index is 660. The summed E-state index contributed by atoms with van der Waals surface area (Å²) in [5.41, 5.74) is 2.49. The zero-order chi connectivity index (χ0) is 25.3. The molecule has 0 aliphatic heterocycles. The number of nitrogens with one attached hydrogen (secondary N) is 1. The summed E-state index contributed by atoms with van der Waals surface area (Å²) < 4.78 is 13.4. The van der Waals surface area contributed by atoms with Crippen molar-refractivity contribution in [3.63, 3.8) is 0 Å². The van der Waals surface area contributed by atoms with Crippen molar-refractivity contribution in [1.29, 1.82) is 0 Å². The molecule has 0 bridgehead atoms. The number of likely N-dealkylation sites (N-methyl/N-ethyl adjacent to an activating group) is 2. The number of hydrogen-bond acceptors (Lipinski definition) is 6. The average molecular weight is 465 g/mol. The minimum Gasteiger partial charge on any atom is -0.463 e. The van der Waals surface area contributed by atoms with Gasteiger partial charge in [-0.05, 0) is 80.4 Å². The summed E-state index contributed by atoms with van der Waals surface area (Å²) >= 11 is 0. The summed E-state index contributed by atoms with van der Waals surface area (Å²) in [6, 6.07) is 10.1. The molecule has 0 saturated carbocycles. The Morgan fingerprint density at radius 2 is 1.48 bits per heavy atom. The summed E-state index contributed by atoms with van der Waals surface area (Å²) in [4.78, 5) is 4.83. The molecule has 0 radical (unpaired) electrons. The first-order valence-corrected chi connectivity index (χ1v) is 12.7. The number of unbranched alkanes of at least 4 members (excludes halogenated alkanes) is 1. The fourth-order valence-corrected chi connectivity index (χ4v) is 4.96. The molecule has 1 aromatic rings. The van der Waals surface area contributed by atoms with Crippen LogP contribution in [0.1, 0.15) is 75.2 Å². The number of benzene rings is 1.